The molecule has 0 aliphatic heterocycles. The minimum absolute atomic E-state index is 0.0137. The van der Waals surface area contributed by atoms with E-state index in [0.29, 0.717) is 23.9 Å². The summed E-state index contributed by atoms with van der Waals surface area (Å²) in [6, 6.07) is -0.800. The molecule has 0 aromatic rings. The highest BCUT2D eigenvalue weighted by Crippen LogP contribution is 2.38. The second kappa shape index (κ2) is 50.2. The Morgan fingerprint density at radius 3 is 1.16 bits per heavy atom. The Labute approximate surface area is 418 Å². The zero-order chi connectivity index (χ0) is 49.2. The quantitative estimate of drug-likeness (QED) is 0.0272. The van der Waals surface area contributed by atoms with Gasteiger partial charge < -0.3 is 28.8 Å². The van der Waals surface area contributed by atoms with E-state index in [0.717, 1.165) is 38.5 Å². The zero-order valence-electron chi connectivity index (χ0n) is 45.6. The molecule has 0 fully saturated rings. The lowest BCUT2D eigenvalue weighted by atomic mass is 10.0. The van der Waals surface area contributed by atoms with Crippen LogP contribution in [0.5, 0.6) is 0 Å². The molecule has 9 heteroatoms. The van der Waals surface area contributed by atoms with Crippen LogP contribution in [0.2, 0.25) is 0 Å². The number of amides is 1. The molecule has 0 aliphatic rings. The second-order valence-corrected chi connectivity index (χ2v) is 23.1. The summed E-state index contributed by atoms with van der Waals surface area (Å²) in [7, 11) is 1.32. The fraction of sp³-hybridized carbons (Fsp3) is 0.948. The largest absolute Gasteiger partial charge is 0.756 e. The normalized spacial score (nSPS) is 14.0. The van der Waals surface area contributed by atoms with Crippen molar-refractivity contribution in [1.29, 1.82) is 0 Å². The number of rotatable bonds is 55. The van der Waals surface area contributed by atoms with Gasteiger partial charge in [0.1, 0.15) is 13.2 Å². The molecule has 0 saturated carbocycles. The number of nitrogens with one attached hydrogen (secondary N) is 1. The van der Waals surface area contributed by atoms with Crippen molar-refractivity contribution >= 4 is 13.7 Å². The first kappa shape index (κ1) is 66.2. The SMILES string of the molecule is CCCCCCCC/C=C\CCCCCCCCCC(=O)NC(COP(=O)([O-])OCC[N+](C)(C)C)C(O)CCCCCCCCCCCCCCCCCCCCCCCCCCCCCC. The van der Waals surface area contributed by atoms with E-state index in [1.54, 1.807) is 0 Å². The van der Waals surface area contributed by atoms with E-state index >= 15 is 0 Å². The van der Waals surface area contributed by atoms with Crippen molar-refractivity contribution in [1.82, 2.24) is 5.32 Å². The molecule has 0 spiro atoms. The Kier molecular flexibility index (Phi) is 49.6. The van der Waals surface area contributed by atoms with Gasteiger partial charge in [-0.3, -0.25) is 9.36 Å². The number of carbonyl (C=O) groups is 1. The highest BCUT2D eigenvalue weighted by atomic mass is 31.2. The highest BCUT2D eigenvalue weighted by molar-refractivity contribution is 7.45. The van der Waals surface area contributed by atoms with Crippen LogP contribution in [0, 0.1) is 0 Å². The van der Waals surface area contributed by atoms with Crippen molar-refractivity contribution in [2.45, 2.75) is 315 Å². The van der Waals surface area contributed by atoms with Gasteiger partial charge in [-0.2, -0.15) is 0 Å². The van der Waals surface area contributed by atoms with Gasteiger partial charge in [0.05, 0.1) is 39.9 Å². The molecule has 1 amide bonds. The number of aliphatic hydroxyl groups excluding tert-OH is 1. The fourth-order valence-corrected chi connectivity index (χ4v) is 9.82. The van der Waals surface area contributed by atoms with Gasteiger partial charge in [-0.1, -0.05) is 270 Å². The number of hydrogen-bond donors (Lipinski definition) is 2. The van der Waals surface area contributed by atoms with E-state index in [1.807, 2.05) is 21.1 Å². The van der Waals surface area contributed by atoms with Crippen molar-refractivity contribution in [2.75, 3.05) is 40.9 Å². The molecule has 0 radical (unpaired) electrons. The van der Waals surface area contributed by atoms with Crippen LogP contribution in [-0.2, 0) is 18.4 Å². The average Bonchev–Trinajstić information content (AvgIpc) is 3.29. The predicted molar refractivity (Wildman–Crippen MR) is 289 cm³/mol. The van der Waals surface area contributed by atoms with Crippen LogP contribution in [0.15, 0.2) is 12.2 Å². The van der Waals surface area contributed by atoms with E-state index in [2.05, 4.69) is 31.3 Å². The molecule has 8 nitrogen and oxygen atoms in total. The number of allylic oxidation sites excluding steroid dienone is 2. The van der Waals surface area contributed by atoms with E-state index in [1.165, 1.54) is 238 Å². The van der Waals surface area contributed by atoms with Crippen molar-refractivity contribution in [3.63, 3.8) is 0 Å². The number of unbranched alkanes of at least 4 members (excludes halogenated alkanes) is 40. The molecular weight excluding hydrogens is 852 g/mol. The number of phosphoric acid groups is 1. The summed E-state index contributed by atoms with van der Waals surface area (Å²) in [5.41, 5.74) is 0. The Morgan fingerprint density at radius 1 is 0.507 bits per heavy atom. The van der Waals surface area contributed by atoms with Crippen molar-refractivity contribution in [3.05, 3.63) is 12.2 Å². The first-order valence-electron chi connectivity index (χ1n) is 29.5. The molecule has 0 aromatic heterocycles. The van der Waals surface area contributed by atoms with Crippen molar-refractivity contribution in [3.8, 4) is 0 Å². The molecule has 2 N–H and O–H groups in total. The van der Waals surface area contributed by atoms with Gasteiger partial charge >= 0.3 is 0 Å². The van der Waals surface area contributed by atoms with Gasteiger partial charge in [0.2, 0.25) is 5.91 Å². The van der Waals surface area contributed by atoms with E-state index in [4.69, 9.17) is 9.05 Å². The van der Waals surface area contributed by atoms with E-state index < -0.39 is 20.0 Å². The zero-order valence-corrected chi connectivity index (χ0v) is 46.5. The molecule has 3 atom stereocenters. The van der Waals surface area contributed by atoms with Gasteiger partial charge in [-0.25, -0.2) is 0 Å². The third-order valence-electron chi connectivity index (χ3n) is 13.8. The number of likely N-dealkylation sites (N-methyl/N-ethyl adjacent to an activating group) is 1. The van der Waals surface area contributed by atoms with E-state index in [-0.39, 0.29) is 19.1 Å². The van der Waals surface area contributed by atoms with E-state index in [9.17, 15) is 19.4 Å². The number of carbonyl (C=O) groups excluding carboxylic acids is 1. The number of aliphatic hydroxyl groups is 1. The molecular formula is C58H117N2O6P. The Balaban J connectivity index is 4.08. The van der Waals surface area contributed by atoms with Gasteiger partial charge in [0, 0.05) is 6.42 Å². The number of nitrogens with zero attached hydrogens (tertiary/aromatic N) is 1. The van der Waals surface area contributed by atoms with Crippen LogP contribution < -0.4 is 10.2 Å². The molecule has 67 heavy (non-hydrogen) atoms. The van der Waals surface area contributed by atoms with Crippen LogP contribution in [0.3, 0.4) is 0 Å². The maximum Gasteiger partial charge on any atom is 0.268 e. The summed E-state index contributed by atoms with van der Waals surface area (Å²) in [4.78, 5) is 25.5. The van der Waals surface area contributed by atoms with Crippen molar-refractivity contribution in [2.24, 2.45) is 0 Å². The van der Waals surface area contributed by atoms with Crippen LogP contribution in [-0.4, -0.2) is 68.5 Å². The maximum absolute atomic E-state index is 13.0. The summed E-state index contributed by atoms with van der Waals surface area (Å²) in [5, 5.41) is 14.0. The van der Waals surface area contributed by atoms with Gasteiger partial charge in [-0.15, -0.1) is 0 Å². The lowest BCUT2D eigenvalue weighted by Crippen LogP contribution is -2.46. The monoisotopic (exact) mass is 969 g/mol. The summed E-state index contributed by atoms with van der Waals surface area (Å²) >= 11 is 0. The van der Waals surface area contributed by atoms with Gasteiger partial charge in [0.25, 0.3) is 7.82 Å². The standard InChI is InChI=1S/C58H117N2O6P/c1-6-8-10-12-14-16-18-20-22-24-25-26-27-28-29-30-31-32-33-34-36-37-39-41-43-45-47-49-51-57(61)56(55-66-67(63,64)65-54-53-60(3,4)5)59-58(62)52-50-48-46-44-42-40-38-35-23-21-19-17-15-13-11-9-7-2/h21,23,56-57,61H,6-20,22,24-55H2,1-5H3,(H-,59,62,63,64)/b23-21-. The smallest absolute Gasteiger partial charge is 0.268 e. The van der Waals surface area contributed by atoms with Gasteiger partial charge in [-0.05, 0) is 38.5 Å². The summed E-state index contributed by atoms with van der Waals surface area (Å²) in [6.45, 7) is 4.76. The van der Waals surface area contributed by atoms with Crippen LogP contribution in [0.1, 0.15) is 303 Å². The Hall–Kier alpha value is -0.760. The van der Waals surface area contributed by atoms with Crippen molar-refractivity contribution < 1.29 is 32.9 Å². The molecule has 0 rings (SSSR count). The molecule has 0 saturated heterocycles. The fourth-order valence-electron chi connectivity index (χ4n) is 9.10. The topological polar surface area (TPSA) is 108 Å². The van der Waals surface area contributed by atoms with Crippen LogP contribution in [0.25, 0.3) is 0 Å². The molecule has 0 bridgehead atoms. The van der Waals surface area contributed by atoms with Crippen LogP contribution >= 0.6 is 7.82 Å². The molecule has 3 unspecified atom stereocenters. The average molecular weight is 970 g/mol. The summed E-state index contributed by atoms with van der Waals surface area (Å²) < 4.78 is 23.4. The summed E-state index contributed by atoms with van der Waals surface area (Å²) in [5.74, 6) is -0.164. The molecule has 0 heterocycles. The maximum atomic E-state index is 13.0. The van der Waals surface area contributed by atoms with Gasteiger partial charge in [0.15, 0.2) is 0 Å². The number of hydrogen-bond acceptors (Lipinski definition) is 6. The second-order valence-electron chi connectivity index (χ2n) is 21.7. The predicted octanol–water partition coefficient (Wildman–Crippen LogP) is 17.2. The lowest BCUT2D eigenvalue weighted by molar-refractivity contribution is -0.870. The Morgan fingerprint density at radius 2 is 0.821 bits per heavy atom. The minimum Gasteiger partial charge on any atom is -0.756 e. The Bertz CT molecular complexity index is 1100. The number of quaternary nitrogens is 1. The molecule has 0 aromatic carbocycles. The lowest BCUT2D eigenvalue weighted by Gasteiger charge is -2.30. The third kappa shape index (κ3) is 52.9. The first-order valence-corrected chi connectivity index (χ1v) is 31.0. The molecule has 0 aliphatic carbocycles. The number of phosphoric ester groups is 1. The molecule has 400 valence electrons. The summed E-state index contributed by atoms with van der Waals surface area (Å²) in [6.07, 6.45) is 61.1. The van der Waals surface area contributed by atoms with Crippen LogP contribution in [0.4, 0.5) is 0 Å². The first-order chi connectivity index (χ1) is 32.5. The minimum atomic E-state index is -4.57. The third-order valence-corrected chi connectivity index (χ3v) is 14.7. The highest BCUT2D eigenvalue weighted by Gasteiger charge is 2.24.